The van der Waals surface area contributed by atoms with Crippen LogP contribution in [-0.2, 0) is 11.3 Å². The molecule has 29 heavy (non-hydrogen) atoms. The number of carbonyl (C=O) groups excluding carboxylic acids is 2. The van der Waals surface area contributed by atoms with Gasteiger partial charge in [0.2, 0.25) is 0 Å². The predicted molar refractivity (Wildman–Crippen MR) is 110 cm³/mol. The van der Waals surface area contributed by atoms with E-state index in [1.807, 2.05) is 48.5 Å². The average Bonchev–Trinajstić information content (AvgIpc) is 3.14. The summed E-state index contributed by atoms with van der Waals surface area (Å²) < 4.78 is 5.49. The quantitative estimate of drug-likeness (QED) is 0.818. The van der Waals surface area contributed by atoms with Crippen LogP contribution in [0.25, 0.3) is 0 Å². The van der Waals surface area contributed by atoms with Gasteiger partial charge in [0.15, 0.2) is 0 Å². The number of primary amides is 1. The summed E-state index contributed by atoms with van der Waals surface area (Å²) in [6.07, 6.45) is 3.22. The van der Waals surface area contributed by atoms with Crippen LogP contribution >= 0.6 is 0 Å². The number of hydrogen-bond acceptors (Lipinski definition) is 3. The molecular weight excluding hydrogens is 366 g/mol. The fourth-order valence-corrected chi connectivity index (χ4v) is 4.30. The maximum Gasteiger partial charge on any atom is 0.315 e. The Kier molecular flexibility index (Phi) is 5.81. The Bertz CT molecular complexity index is 875. The third-order valence-corrected chi connectivity index (χ3v) is 5.87. The first-order valence-electron chi connectivity index (χ1n) is 10.2. The van der Waals surface area contributed by atoms with Gasteiger partial charge in [-0.1, -0.05) is 36.4 Å². The third kappa shape index (κ3) is 4.27. The molecule has 2 aromatic carbocycles. The molecule has 2 unspecified atom stereocenters. The lowest BCUT2D eigenvalue weighted by atomic mass is 9.97. The molecule has 0 bridgehead atoms. The van der Waals surface area contributed by atoms with Gasteiger partial charge < -0.3 is 20.7 Å². The standard InChI is InChI=1S/C23H27N3O3/c24-23(28)26-14-19-5-1-2-6-20(19)21(26)17-7-9-18(10-8-17)22(27)25-12-11-16-4-3-13-29-15-16/h1-2,5-10,16,21H,3-4,11-15H2,(H2,24,28)(H,25,27). The molecule has 4 rings (SSSR count). The van der Waals surface area contributed by atoms with Gasteiger partial charge in [-0.15, -0.1) is 0 Å². The van der Waals surface area contributed by atoms with Gasteiger partial charge in [-0.2, -0.15) is 0 Å². The van der Waals surface area contributed by atoms with Crippen LogP contribution < -0.4 is 11.1 Å². The molecule has 0 radical (unpaired) electrons. The summed E-state index contributed by atoms with van der Waals surface area (Å²) >= 11 is 0. The second kappa shape index (κ2) is 8.66. The maximum absolute atomic E-state index is 12.5. The van der Waals surface area contributed by atoms with Crippen molar-refractivity contribution in [1.29, 1.82) is 0 Å². The lowest BCUT2D eigenvalue weighted by molar-refractivity contribution is 0.0514. The zero-order valence-corrected chi connectivity index (χ0v) is 16.5. The van der Waals surface area contributed by atoms with Crippen molar-refractivity contribution in [3.63, 3.8) is 0 Å². The Balaban J connectivity index is 1.41. The van der Waals surface area contributed by atoms with Crippen molar-refractivity contribution in [2.45, 2.75) is 31.8 Å². The number of carbonyl (C=O) groups is 2. The average molecular weight is 393 g/mol. The van der Waals surface area contributed by atoms with Crippen molar-refractivity contribution in [2.75, 3.05) is 19.8 Å². The van der Waals surface area contributed by atoms with Crippen molar-refractivity contribution < 1.29 is 14.3 Å². The fourth-order valence-electron chi connectivity index (χ4n) is 4.30. The summed E-state index contributed by atoms with van der Waals surface area (Å²) in [7, 11) is 0. The molecule has 2 aromatic rings. The van der Waals surface area contributed by atoms with E-state index in [9.17, 15) is 9.59 Å². The van der Waals surface area contributed by atoms with Gasteiger partial charge in [0.25, 0.3) is 5.91 Å². The highest BCUT2D eigenvalue weighted by Gasteiger charge is 2.33. The summed E-state index contributed by atoms with van der Waals surface area (Å²) in [4.78, 5) is 26.1. The zero-order chi connectivity index (χ0) is 20.2. The highest BCUT2D eigenvalue weighted by atomic mass is 16.5. The zero-order valence-electron chi connectivity index (χ0n) is 16.5. The van der Waals surface area contributed by atoms with Crippen LogP contribution in [0, 0.1) is 5.92 Å². The number of nitrogens with two attached hydrogens (primary N) is 1. The molecule has 2 aliphatic rings. The molecule has 6 heteroatoms. The van der Waals surface area contributed by atoms with E-state index in [1.165, 1.54) is 6.42 Å². The van der Waals surface area contributed by atoms with E-state index < -0.39 is 6.03 Å². The van der Waals surface area contributed by atoms with E-state index in [0.717, 1.165) is 42.7 Å². The number of rotatable bonds is 5. The van der Waals surface area contributed by atoms with E-state index in [0.29, 0.717) is 24.6 Å². The molecule has 0 spiro atoms. The van der Waals surface area contributed by atoms with Gasteiger partial charge in [-0.25, -0.2) is 4.79 Å². The van der Waals surface area contributed by atoms with Crippen LogP contribution in [0.2, 0.25) is 0 Å². The topological polar surface area (TPSA) is 84.7 Å². The number of amides is 3. The molecular formula is C23H27N3O3. The minimum atomic E-state index is -0.445. The number of hydrogen-bond donors (Lipinski definition) is 2. The van der Waals surface area contributed by atoms with Crippen LogP contribution in [0.15, 0.2) is 48.5 Å². The second-order valence-corrected chi connectivity index (χ2v) is 7.82. The minimum Gasteiger partial charge on any atom is -0.381 e. The smallest absolute Gasteiger partial charge is 0.315 e. The molecule has 1 fully saturated rings. The Hall–Kier alpha value is -2.86. The van der Waals surface area contributed by atoms with Gasteiger partial charge in [0, 0.05) is 31.9 Å². The lowest BCUT2D eigenvalue weighted by Crippen LogP contribution is -2.34. The third-order valence-electron chi connectivity index (χ3n) is 5.87. The normalized spacial score (nSPS) is 20.9. The summed E-state index contributed by atoms with van der Waals surface area (Å²) in [6, 6.07) is 14.8. The Morgan fingerprint density at radius 2 is 1.93 bits per heavy atom. The molecule has 1 saturated heterocycles. The first kappa shape index (κ1) is 19.5. The molecule has 6 nitrogen and oxygen atoms in total. The van der Waals surface area contributed by atoms with Crippen LogP contribution in [0.5, 0.6) is 0 Å². The largest absolute Gasteiger partial charge is 0.381 e. The number of benzene rings is 2. The van der Waals surface area contributed by atoms with Crippen LogP contribution in [0.1, 0.15) is 52.4 Å². The maximum atomic E-state index is 12.5. The predicted octanol–water partition coefficient (Wildman–Crippen LogP) is 3.22. The number of nitrogens with zero attached hydrogens (tertiary/aromatic N) is 1. The molecule has 152 valence electrons. The second-order valence-electron chi connectivity index (χ2n) is 7.82. The van der Waals surface area contributed by atoms with Crippen LogP contribution in [0.3, 0.4) is 0 Å². The fraction of sp³-hybridized carbons (Fsp3) is 0.391. The number of ether oxygens (including phenoxy) is 1. The first-order valence-corrected chi connectivity index (χ1v) is 10.2. The molecule has 2 aliphatic heterocycles. The summed E-state index contributed by atoms with van der Waals surface area (Å²) in [5, 5.41) is 3.00. The summed E-state index contributed by atoms with van der Waals surface area (Å²) in [5.41, 5.74) is 9.36. The van der Waals surface area contributed by atoms with Crippen molar-refractivity contribution in [2.24, 2.45) is 11.7 Å². The molecule has 3 amide bonds. The minimum absolute atomic E-state index is 0.0770. The Morgan fingerprint density at radius 1 is 1.14 bits per heavy atom. The molecule has 2 heterocycles. The van der Waals surface area contributed by atoms with Gasteiger partial charge in [0.1, 0.15) is 0 Å². The Labute approximate surface area is 171 Å². The highest BCUT2D eigenvalue weighted by molar-refractivity contribution is 5.94. The van der Waals surface area contributed by atoms with Crippen LogP contribution in [-0.4, -0.2) is 36.6 Å². The molecule has 2 atom stereocenters. The first-order chi connectivity index (χ1) is 14.1. The number of urea groups is 1. The van der Waals surface area contributed by atoms with E-state index in [1.54, 1.807) is 4.90 Å². The molecule has 0 aliphatic carbocycles. The van der Waals surface area contributed by atoms with Gasteiger partial charge >= 0.3 is 6.03 Å². The Morgan fingerprint density at radius 3 is 2.66 bits per heavy atom. The monoisotopic (exact) mass is 393 g/mol. The number of nitrogens with one attached hydrogen (secondary N) is 1. The summed E-state index contributed by atoms with van der Waals surface area (Å²) in [5.74, 6) is 0.459. The molecule has 3 N–H and O–H groups in total. The lowest BCUT2D eigenvalue weighted by Gasteiger charge is -2.24. The van der Waals surface area contributed by atoms with Gasteiger partial charge in [-0.3, -0.25) is 4.79 Å². The van der Waals surface area contributed by atoms with E-state index in [4.69, 9.17) is 10.5 Å². The molecule has 0 aromatic heterocycles. The van der Waals surface area contributed by atoms with E-state index in [-0.39, 0.29) is 11.9 Å². The van der Waals surface area contributed by atoms with E-state index >= 15 is 0 Å². The van der Waals surface area contributed by atoms with Gasteiger partial charge in [-0.05, 0) is 54.0 Å². The number of fused-ring (bicyclic) bond motifs is 1. The summed E-state index contributed by atoms with van der Waals surface area (Å²) in [6.45, 7) is 2.81. The van der Waals surface area contributed by atoms with Crippen LogP contribution in [0.4, 0.5) is 4.79 Å². The van der Waals surface area contributed by atoms with E-state index in [2.05, 4.69) is 5.32 Å². The SMILES string of the molecule is NC(=O)N1Cc2ccccc2C1c1ccc(C(=O)NCCC2CCCOC2)cc1. The van der Waals surface area contributed by atoms with Crippen molar-refractivity contribution in [1.82, 2.24) is 10.2 Å². The van der Waals surface area contributed by atoms with Gasteiger partial charge in [0.05, 0.1) is 6.04 Å². The van der Waals surface area contributed by atoms with Crippen molar-refractivity contribution in [3.05, 3.63) is 70.8 Å². The molecule has 0 saturated carbocycles. The highest BCUT2D eigenvalue weighted by Crippen LogP contribution is 2.38. The van der Waals surface area contributed by atoms with Crippen molar-refractivity contribution >= 4 is 11.9 Å². The van der Waals surface area contributed by atoms with Crippen molar-refractivity contribution in [3.8, 4) is 0 Å².